The quantitative estimate of drug-likeness (QED) is 0.602. The van der Waals surface area contributed by atoms with Crippen LogP contribution in [0.25, 0.3) is 6.08 Å². The van der Waals surface area contributed by atoms with Gasteiger partial charge in [-0.25, -0.2) is 0 Å². The second-order valence-electron chi connectivity index (χ2n) is 6.92. The molecule has 1 N–H and O–H groups in total. The molecule has 28 heavy (non-hydrogen) atoms. The van der Waals surface area contributed by atoms with Crippen LogP contribution in [0, 0.1) is 0 Å². The fraction of sp³-hybridized carbons (Fsp3) is 0.318. The summed E-state index contributed by atoms with van der Waals surface area (Å²) in [6.07, 6.45) is 6.81. The van der Waals surface area contributed by atoms with Crippen LogP contribution < -0.4 is 15.0 Å². The SMILES string of the molecule is COc1c(Cl)cc(Cl)cc1/C=C/C(=O)Nc1ccc(N2CCCC[C@H]2C)cc1. The molecule has 1 atom stereocenters. The number of anilines is 2. The maximum atomic E-state index is 12.3. The Labute approximate surface area is 176 Å². The van der Waals surface area contributed by atoms with E-state index in [1.165, 1.54) is 38.1 Å². The number of benzene rings is 2. The van der Waals surface area contributed by atoms with Crippen LogP contribution in [0.2, 0.25) is 10.0 Å². The van der Waals surface area contributed by atoms with Gasteiger partial charge in [-0.05, 0) is 68.7 Å². The van der Waals surface area contributed by atoms with Gasteiger partial charge in [-0.15, -0.1) is 0 Å². The standard InChI is InChI=1S/C22H24Cl2N2O2/c1-15-5-3-4-12-26(15)19-9-7-18(8-10-19)25-21(27)11-6-16-13-17(23)14-20(24)22(16)28-2/h6-11,13-15H,3-5,12H2,1-2H3,(H,25,27)/b11-6+/t15-/m1/s1. The van der Waals surface area contributed by atoms with Crippen molar-refractivity contribution in [3.05, 3.63) is 58.1 Å². The van der Waals surface area contributed by atoms with Gasteiger partial charge in [-0.3, -0.25) is 4.79 Å². The third-order valence-electron chi connectivity index (χ3n) is 4.92. The van der Waals surface area contributed by atoms with Crippen molar-refractivity contribution in [2.45, 2.75) is 32.2 Å². The first-order valence-electron chi connectivity index (χ1n) is 9.36. The Morgan fingerprint density at radius 3 is 2.64 bits per heavy atom. The van der Waals surface area contributed by atoms with Crippen molar-refractivity contribution in [2.75, 3.05) is 23.9 Å². The normalized spacial score (nSPS) is 17.0. The molecule has 0 bridgehead atoms. The molecule has 1 heterocycles. The van der Waals surface area contributed by atoms with E-state index in [0.29, 0.717) is 27.4 Å². The highest BCUT2D eigenvalue weighted by atomic mass is 35.5. The van der Waals surface area contributed by atoms with Crippen molar-refractivity contribution in [1.82, 2.24) is 0 Å². The average molecular weight is 419 g/mol. The zero-order chi connectivity index (χ0) is 20.1. The van der Waals surface area contributed by atoms with E-state index in [0.717, 1.165) is 12.2 Å². The molecule has 2 aromatic carbocycles. The number of amides is 1. The molecule has 0 saturated carbocycles. The summed E-state index contributed by atoms with van der Waals surface area (Å²) in [5.41, 5.74) is 2.59. The Hall–Kier alpha value is -2.17. The Morgan fingerprint density at radius 1 is 1.21 bits per heavy atom. The van der Waals surface area contributed by atoms with Crippen LogP contribution in [0.1, 0.15) is 31.7 Å². The molecule has 0 unspecified atom stereocenters. The largest absolute Gasteiger partial charge is 0.495 e. The first kappa shape index (κ1) is 20.6. The molecule has 2 aromatic rings. The number of hydrogen-bond acceptors (Lipinski definition) is 3. The zero-order valence-electron chi connectivity index (χ0n) is 16.0. The monoisotopic (exact) mass is 418 g/mol. The minimum Gasteiger partial charge on any atom is -0.495 e. The lowest BCUT2D eigenvalue weighted by Crippen LogP contribution is -2.37. The number of rotatable bonds is 5. The number of nitrogens with one attached hydrogen (secondary N) is 1. The molecule has 0 spiro atoms. The van der Waals surface area contributed by atoms with E-state index in [1.54, 1.807) is 18.2 Å². The summed E-state index contributed by atoms with van der Waals surface area (Å²) < 4.78 is 5.28. The summed E-state index contributed by atoms with van der Waals surface area (Å²) in [7, 11) is 1.53. The summed E-state index contributed by atoms with van der Waals surface area (Å²) in [6.45, 7) is 3.34. The van der Waals surface area contributed by atoms with Gasteiger partial charge in [0.05, 0.1) is 12.1 Å². The highest BCUT2D eigenvalue weighted by molar-refractivity contribution is 6.36. The Morgan fingerprint density at radius 2 is 1.96 bits per heavy atom. The van der Waals surface area contributed by atoms with Gasteiger partial charge in [0.25, 0.3) is 0 Å². The number of nitrogens with zero attached hydrogens (tertiary/aromatic N) is 1. The van der Waals surface area contributed by atoms with Gasteiger partial charge in [0.2, 0.25) is 5.91 Å². The Kier molecular flexibility index (Phi) is 6.87. The van der Waals surface area contributed by atoms with E-state index in [2.05, 4.69) is 29.3 Å². The smallest absolute Gasteiger partial charge is 0.248 e. The van der Waals surface area contributed by atoms with Gasteiger partial charge in [-0.2, -0.15) is 0 Å². The second kappa shape index (κ2) is 9.35. The van der Waals surface area contributed by atoms with Gasteiger partial charge in [0.15, 0.2) is 0 Å². The van der Waals surface area contributed by atoms with Crippen LogP contribution in [0.4, 0.5) is 11.4 Å². The number of piperidine rings is 1. The van der Waals surface area contributed by atoms with E-state index in [4.69, 9.17) is 27.9 Å². The van der Waals surface area contributed by atoms with Crippen molar-refractivity contribution < 1.29 is 9.53 Å². The molecule has 1 aliphatic rings. The lowest BCUT2D eigenvalue weighted by atomic mass is 10.0. The molecule has 3 rings (SSSR count). The molecule has 1 aliphatic heterocycles. The number of halogens is 2. The maximum absolute atomic E-state index is 12.3. The first-order valence-corrected chi connectivity index (χ1v) is 10.1. The van der Waals surface area contributed by atoms with Crippen LogP contribution in [0.3, 0.4) is 0 Å². The zero-order valence-corrected chi connectivity index (χ0v) is 17.6. The van der Waals surface area contributed by atoms with Crippen LogP contribution in [0.5, 0.6) is 5.75 Å². The van der Waals surface area contributed by atoms with E-state index >= 15 is 0 Å². The minimum absolute atomic E-state index is 0.239. The Balaban J connectivity index is 1.66. The number of carbonyl (C=O) groups is 1. The van der Waals surface area contributed by atoms with Crippen molar-refractivity contribution in [1.29, 1.82) is 0 Å². The van der Waals surface area contributed by atoms with Crippen LogP contribution in [-0.2, 0) is 4.79 Å². The number of carbonyl (C=O) groups excluding carboxylic acids is 1. The lowest BCUT2D eigenvalue weighted by Gasteiger charge is -2.35. The highest BCUT2D eigenvalue weighted by Gasteiger charge is 2.18. The summed E-state index contributed by atoms with van der Waals surface area (Å²) in [4.78, 5) is 14.7. The van der Waals surface area contributed by atoms with E-state index in [9.17, 15) is 4.79 Å². The highest BCUT2D eigenvalue weighted by Crippen LogP contribution is 2.33. The van der Waals surface area contributed by atoms with Gasteiger partial charge >= 0.3 is 0 Å². The molecule has 1 fully saturated rings. The Bertz CT molecular complexity index is 866. The molecule has 0 aliphatic carbocycles. The van der Waals surface area contributed by atoms with Crippen molar-refractivity contribution >= 4 is 46.6 Å². The van der Waals surface area contributed by atoms with Gasteiger partial charge in [-0.1, -0.05) is 23.2 Å². The summed E-state index contributed by atoms with van der Waals surface area (Å²) in [5, 5.41) is 3.75. The van der Waals surface area contributed by atoms with Crippen molar-refractivity contribution in [3.8, 4) is 5.75 Å². The average Bonchev–Trinajstić information content (AvgIpc) is 2.67. The molecule has 1 saturated heterocycles. The first-order chi connectivity index (χ1) is 13.5. The lowest BCUT2D eigenvalue weighted by molar-refractivity contribution is -0.111. The number of hydrogen-bond donors (Lipinski definition) is 1. The molecule has 6 heteroatoms. The molecule has 1 amide bonds. The maximum Gasteiger partial charge on any atom is 0.248 e. The van der Waals surface area contributed by atoms with Crippen LogP contribution >= 0.6 is 23.2 Å². The second-order valence-corrected chi connectivity index (χ2v) is 7.76. The van der Waals surface area contributed by atoms with Crippen molar-refractivity contribution in [3.63, 3.8) is 0 Å². The minimum atomic E-state index is -0.239. The molecule has 4 nitrogen and oxygen atoms in total. The number of methoxy groups -OCH3 is 1. The molecule has 0 radical (unpaired) electrons. The number of ether oxygens (including phenoxy) is 1. The van der Waals surface area contributed by atoms with E-state index in [-0.39, 0.29) is 5.91 Å². The van der Waals surface area contributed by atoms with Crippen LogP contribution in [-0.4, -0.2) is 25.6 Å². The van der Waals surface area contributed by atoms with Gasteiger partial charge in [0, 0.05) is 40.6 Å². The van der Waals surface area contributed by atoms with E-state index in [1.807, 2.05) is 12.1 Å². The molecule has 148 valence electrons. The predicted molar refractivity (Wildman–Crippen MR) is 118 cm³/mol. The predicted octanol–water partition coefficient (Wildman–Crippen LogP) is 6.03. The molecule has 0 aromatic heterocycles. The fourth-order valence-corrected chi connectivity index (χ4v) is 4.07. The van der Waals surface area contributed by atoms with E-state index < -0.39 is 0 Å². The third-order valence-corrected chi connectivity index (χ3v) is 5.42. The summed E-state index contributed by atoms with van der Waals surface area (Å²) in [5.74, 6) is 0.243. The molecular formula is C22H24Cl2N2O2. The van der Waals surface area contributed by atoms with Crippen molar-refractivity contribution in [2.24, 2.45) is 0 Å². The molecular weight excluding hydrogens is 395 g/mol. The van der Waals surface area contributed by atoms with Gasteiger partial charge < -0.3 is 15.0 Å². The van der Waals surface area contributed by atoms with Gasteiger partial charge in [0.1, 0.15) is 5.75 Å². The fourth-order valence-electron chi connectivity index (χ4n) is 3.49. The van der Waals surface area contributed by atoms with Crippen LogP contribution in [0.15, 0.2) is 42.5 Å². The summed E-state index contributed by atoms with van der Waals surface area (Å²) in [6, 6.07) is 11.8. The topological polar surface area (TPSA) is 41.6 Å². The summed E-state index contributed by atoms with van der Waals surface area (Å²) >= 11 is 12.2. The third kappa shape index (κ3) is 5.00.